The summed E-state index contributed by atoms with van der Waals surface area (Å²) in [6.07, 6.45) is 3.51. The van der Waals surface area contributed by atoms with E-state index in [0.717, 1.165) is 18.8 Å². The van der Waals surface area contributed by atoms with Crippen molar-refractivity contribution < 1.29 is 0 Å². The maximum absolute atomic E-state index is 8.15. The zero-order valence-corrected chi connectivity index (χ0v) is 9.77. The third-order valence-corrected chi connectivity index (χ3v) is 3.13. The highest BCUT2D eigenvalue weighted by Crippen LogP contribution is 2.21. The highest BCUT2D eigenvalue weighted by molar-refractivity contribution is 5.85. The molecule has 0 bridgehead atoms. The predicted octanol–water partition coefficient (Wildman–Crippen LogP) is 2.69. The molecule has 2 nitrogen and oxygen atoms in total. The van der Waals surface area contributed by atoms with Crippen LogP contribution in [0.1, 0.15) is 40.0 Å². The Hall–Kier alpha value is -0.370. The highest BCUT2D eigenvalue weighted by Gasteiger charge is 2.22. The molecule has 14 heavy (non-hydrogen) atoms. The van der Waals surface area contributed by atoms with E-state index in [0.29, 0.717) is 17.8 Å². The Labute approximate surface area is 88.0 Å². The van der Waals surface area contributed by atoms with Crippen LogP contribution < -0.4 is 5.32 Å². The van der Waals surface area contributed by atoms with Crippen LogP contribution in [0.3, 0.4) is 0 Å². The van der Waals surface area contributed by atoms with Gasteiger partial charge in [0.2, 0.25) is 0 Å². The second kappa shape index (κ2) is 5.50. The fourth-order valence-electron chi connectivity index (χ4n) is 2.37. The zero-order valence-electron chi connectivity index (χ0n) is 9.77. The molecule has 1 unspecified atom stereocenters. The summed E-state index contributed by atoms with van der Waals surface area (Å²) in [6.45, 7) is 8.89. The van der Waals surface area contributed by atoms with E-state index in [1.165, 1.54) is 19.3 Å². The molecule has 0 aromatic carbocycles. The van der Waals surface area contributed by atoms with E-state index in [1.807, 2.05) is 0 Å². The molecule has 1 rings (SSSR count). The highest BCUT2D eigenvalue weighted by atomic mass is 14.9. The quantitative estimate of drug-likeness (QED) is 0.666. The van der Waals surface area contributed by atoms with Crippen LogP contribution in [0, 0.1) is 23.2 Å². The standard InChI is InChI=1S/C12H24N2/c1-9(2)8-10(3)12(13)11-4-6-14-7-5-11/h9-11,13-14H,4-8H2,1-3H3. The van der Waals surface area contributed by atoms with Gasteiger partial charge in [-0.25, -0.2) is 0 Å². The van der Waals surface area contributed by atoms with Crippen LogP contribution >= 0.6 is 0 Å². The first kappa shape index (κ1) is 11.7. The van der Waals surface area contributed by atoms with Crippen molar-refractivity contribution in [2.45, 2.75) is 40.0 Å². The van der Waals surface area contributed by atoms with E-state index < -0.39 is 0 Å². The molecule has 0 radical (unpaired) electrons. The number of nitrogens with one attached hydrogen (secondary N) is 2. The SMILES string of the molecule is CC(C)CC(C)C(=N)C1CCNCC1. The predicted molar refractivity (Wildman–Crippen MR) is 61.9 cm³/mol. The molecule has 2 N–H and O–H groups in total. The summed E-state index contributed by atoms with van der Waals surface area (Å²) in [5.41, 5.74) is 1.00. The van der Waals surface area contributed by atoms with Crippen LogP contribution in [0.5, 0.6) is 0 Å². The second-order valence-corrected chi connectivity index (χ2v) is 5.01. The lowest BCUT2D eigenvalue weighted by molar-refractivity contribution is 0.427. The van der Waals surface area contributed by atoms with Crippen molar-refractivity contribution in [2.75, 3.05) is 13.1 Å². The molecule has 0 amide bonds. The van der Waals surface area contributed by atoms with E-state index in [-0.39, 0.29) is 0 Å². The molecule has 82 valence electrons. The normalized spacial score (nSPS) is 21.1. The van der Waals surface area contributed by atoms with Crippen molar-refractivity contribution in [1.29, 1.82) is 5.41 Å². The van der Waals surface area contributed by atoms with Gasteiger partial charge in [-0.2, -0.15) is 0 Å². The Morgan fingerprint density at radius 1 is 1.29 bits per heavy atom. The Bertz CT molecular complexity index is 181. The molecule has 1 aliphatic heterocycles. The van der Waals surface area contributed by atoms with Gasteiger partial charge in [0.05, 0.1) is 0 Å². The van der Waals surface area contributed by atoms with Crippen molar-refractivity contribution >= 4 is 5.71 Å². The molecule has 0 aromatic heterocycles. The van der Waals surface area contributed by atoms with Gasteiger partial charge >= 0.3 is 0 Å². The molecular weight excluding hydrogens is 172 g/mol. The molecule has 2 heteroatoms. The third kappa shape index (κ3) is 3.41. The number of hydrogen-bond donors (Lipinski definition) is 2. The van der Waals surface area contributed by atoms with Gasteiger partial charge in [-0.15, -0.1) is 0 Å². The number of rotatable bonds is 4. The fourth-order valence-corrected chi connectivity index (χ4v) is 2.37. The van der Waals surface area contributed by atoms with Gasteiger partial charge in [-0.1, -0.05) is 20.8 Å². The maximum atomic E-state index is 8.15. The van der Waals surface area contributed by atoms with Gasteiger partial charge in [-0.3, -0.25) is 0 Å². The Kier molecular flexibility index (Phi) is 4.59. The van der Waals surface area contributed by atoms with Gasteiger partial charge in [0.25, 0.3) is 0 Å². The lowest BCUT2D eigenvalue weighted by atomic mass is 9.83. The Morgan fingerprint density at radius 3 is 2.36 bits per heavy atom. The molecule has 1 aliphatic rings. The number of piperidine rings is 1. The van der Waals surface area contributed by atoms with Crippen molar-refractivity contribution in [1.82, 2.24) is 5.32 Å². The average molecular weight is 196 g/mol. The van der Waals surface area contributed by atoms with Crippen molar-refractivity contribution in [3.05, 3.63) is 0 Å². The van der Waals surface area contributed by atoms with Crippen LogP contribution in [-0.2, 0) is 0 Å². The topological polar surface area (TPSA) is 35.9 Å². The van der Waals surface area contributed by atoms with E-state index >= 15 is 0 Å². The van der Waals surface area contributed by atoms with Crippen LogP contribution in [-0.4, -0.2) is 18.8 Å². The van der Waals surface area contributed by atoms with E-state index in [4.69, 9.17) is 5.41 Å². The first-order valence-corrected chi connectivity index (χ1v) is 5.90. The lowest BCUT2D eigenvalue weighted by Crippen LogP contribution is -2.34. The molecule has 0 aromatic rings. The van der Waals surface area contributed by atoms with Crippen LogP contribution in [0.25, 0.3) is 0 Å². The van der Waals surface area contributed by atoms with Gasteiger partial charge in [-0.05, 0) is 50.1 Å². The maximum Gasteiger partial charge on any atom is 0.0149 e. The van der Waals surface area contributed by atoms with Gasteiger partial charge < -0.3 is 10.7 Å². The van der Waals surface area contributed by atoms with Crippen LogP contribution in [0.2, 0.25) is 0 Å². The minimum absolute atomic E-state index is 0.484. The fraction of sp³-hybridized carbons (Fsp3) is 0.917. The molecular formula is C12H24N2. The molecule has 1 atom stereocenters. The average Bonchev–Trinajstić information content (AvgIpc) is 2.17. The summed E-state index contributed by atoms with van der Waals surface area (Å²) in [6, 6.07) is 0. The van der Waals surface area contributed by atoms with E-state index in [1.54, 1.807) is 0 Å². The molecule has 1 heterocycles. The van der Waals surface area contributed by atoms with E-state index in [9.17, 15) is 0 Å². The van der Waals surface area contributed by atoms with E-state index in [2.05, 4.69) is 26.1 Å². The summed E-state index contributed by atoms with van der Waals surface area (Å²) in [7, 11) is 0. The molecule has 0 aliphatic carbocycles. The summed E-state index contributed by atoms with van der Waals surface area (Å²) < 4.78 is 0. The lowest BCUT2D eigenvalue weighted by Gasteiger charge is -2.27. The molecule has 1 saturated heterocycles. The second-order valence-electron chi connectivity index (χ2n) is 5.01. The summed E-state index contributed by atoms with van der Waals surface area (Å²) in [4.78, 5) is 0. The summed E-state index contributed by atoms with van der Waals surface area (Å²) in [5, 5.41) is 11.5. The zero-order chi connectivity index (χ0) is 10.6. The van der Waals surface area contributed by atoms with Gasteiger partial charge in [0.1, 0.15) is 0 Å². The Morgan fingerprint density at radius 2 is 1.86 bits per heavy atom. The molecule has 1 fully saturated rings. The largest absolute Gasteiger partial charge is 0.317 e. The molecule has 0 saturated carbocycles. The van der Waals surface area contributed by atoms with Crippen LogP contribution in [0.15, 0.2) is 0 Å². The van der Waals surface area contributed by atoms with Crippen LogP contribution in [0.4, 0.5) is 0 Å². The summed E-state index contributed by atoms with van der Waals surface area (Å²) in [5.74, 6) is 1.76. The van der Waals surface area contributed by atoms with Gasteiger partial charge in [0, 0.05) is 5.71 Å². The Balaban J connectivity index is 2.38. The van der Waals surface area contributed by atoms with Crippen molar-refractivity contribution in [2.24, 2.45) is 17.8 Å². The monoisotopic (exact) mass is 196 g/mol. The van der Waals surface area contributed by atoms with Crippen molar-refractivity contribution in [3.8, 4) is 0 Å². The van der Waals surface area contributed by atoms with Crippen molar-refractivity contribution in [3.63, 3.8) is 0 Å². The minimum Gasteiger partial charge on any atom is -0.317 e. The first-order chi connectivity index (χ1) is 6.61. The molecule has 0 spiro atoms. The smallest absolute Gasteiger partial charge is 0.0149 e. The minimum atomic E-state index is 0.484. The number of hydrogen-bond acceptors (Lipinski definition) is 2. The van der Waals surface area contributed by atoms with Gasteiger partial charge in [0.15, 0.2) is 0 Å². The third-order valence-electron chi connectivity index (χ3n) is 3.13. The first-order valence-electron chi connectivity index (χ1n) is 5.90. The summed E-state index contributed by atoms with van der Waals surface area (Å²) >= 11 is 0.